The topological polar surface area (TPSA) is 100 Å². The number of carbonyl (C=O) groups excluding carboxylic acids is 2. The van der Waals surface area contributed by atoms with Gasteiger partial charge >= 0.3 is 5.97 Å². The Labute approximate surface area is 164 Å². The molecule has 2 fully saturated rings. The summed E-state index contributed by atoms with van der Waals surface area (Å²) in [4.78, 5) is 40.4. The van der Waals surface area contributed by atoms with Crippen molar-refractivity contribution in [3.8, 4) is 0 Å². The second-order valence-corrected chi connectivity index (χ2v) is 8.11. The van der Waals surface area contributed by atoms with Crippen LogP contribution >= 0.6 is 15.9 Å². The Hall–Kier alpha value is -2.19. The molecule has 4 rings (SSSR count). The van der Waals surface area contributed by atoms with Gasteiger partial charge in [-0.25, -0.2) is 0 Å². The Morgan fingerprint density at radius 3 is 2.85 bits per heavy atom. The van der Waals surface area contributed by atoms with Gasteiger partial charge in [-0.05, 0) is 44.1 Å². The lowest BCUT2D eigenvalue weighted by molar-refractivity contribution is -0.149. The lowest BCUT2D eigenvalue weighted by Crippen LogP contribution is -2.40. The van der Waals surface area contributed by atoms with E-state index in [-0.39, 0.29) is 29.6 Å². The summed E-state index contributed by atoms with van der Waals surface area (Å²) in [7, 11) is 0. The number of benzene rings is 1. The number of rotatable bonds is 3. The van der Waals surface area contributed by atoms with Crippen molar-refractivity contribution < 1.29 is 14.3 Å². The largest absolute Gasteiger partial charge is 0.460 e. The normalized spacial score (nSPS) is 21.4. The van der Waals surface area contributed by atoms with Crippen LogP contribution < -0.4 is 16.1 Å². The molecule has 1 atom stereocenters. The fourth-order valence-electron chi connectivity index (χ4n) is 3.93. The second-order valence-electron chi connectivity index (χ2n) is 7.19. The lowest BCUT2D eigenvalue weighted by atomic mass is 9.76. The van der Waals surface area contributed by atoms with Crippen LogP contribution in [0.5, 0.6) is 0 Å². The molecule has 1 unspecified atom stereocenters. The number of esters is 1. The van der Waals surface area contributed by atoms with Gasteiger partial charge in [0.25, 0.3) is 5.91 Å². The van der Waals surface area contributed by atoms with Crippen LogP contribution in [0.25, 0.3) is 10.9 Å². The third-order valence-electron chi connectivity index (χ3n) is 5.46. The summed E-state index contributed by atoms with van der Waals surface area (Å²) < 4.78 is 6.25. The Bertz CT molecular complexity index is 965. The molecule has 1 aromatic carbocycles. The highest BCUT2D eigenvalue weighted by molar-refractivity contribution is 9.10. The molecule has 0 saturated carbocycles. The number of carbonyl (C=O) groups is 2. The van der Waals surface area contributed by atoms with E-state index in [1.54, 1.807) is 12.1 Å². The van der Waals surface area contributed by atoms with Crippen molar-refractivity contribution in [3.05, 3.63) is 44.7 Å². The molecule has 2 aliphatic rings. The molecule has 8 heteroatoms. The average molecular weight is 434 g/mol. The zero-order valence-electron chi connectivity index (χ0n) is 14.6. The number of halogens is 1. The minimum Gasteiger partial charge on any atom is -0.460 e. The van der Waals surface area contributed by atoms with E-state index in [4.69, 9.17) is 4.74 Å². The van der Waals surface area contributed by atoms with Crippen molar-refractivity contribution in [2.75, 3.05) is 19.6 Å². The van der Waals surface area contributed by atoms with Gasteiger partial charge < -0.3 is 20.4 Å². The Kier molecular flexibility index (Phi) is 4.77. The molecule has 1 aromatic heterocycles. The molecule has 7 nitrogen and oxygen atoms in total. The summed E-state index contributed by atoms with van der Waals surface area (Å²) in [6.07, 6.45) is 3.19. The van der Waals surface area contributed by atoms with Crippen molar-refractivity contribution >= 4 is 38.7 Å². The fourth-order valence-corrected chi connectivity index (χ4v) is 4.29. The highest BCUT2D eigenvalue weighted by Crippen LogP contribution is 2.41. The molecule has 3 heterocycles. The van der Waals surface area contributed by atoms with E-state index in [2.05, 4.69) is 31.5 Å². The van der Waals surface area contributed by atoms with Gasteiger partial charge in [0, 0.05) is 28.0 Å². The number of hydrogen-bond acceptors (Lipinski definition) is 5. The van der Waals surface area contributed by atoms with E-state index in [9.17, 15) is 14.4 Å². The van der Waals surface area contributed by atoms with Crippen molar-refractivity contribution in [2.24, 2.45) is 5.41 Å². The van der Waals surface area contributed by atoms with Crippen LogP contribution in [0.15, 0.2) is 33.7 Å². The highest BCUT2D eigenvalue weighted by Gasteiger charge is 2.49. The van der Waals surface area contributed by atoms with E-state index < -0.39 is 11.3 Å². The molecule has 1 amide bonds. The Morgan fingerprint density at radius 1 is 1.30 bits per heavy atom. The third-order valence-corrected chi connectivity index (χ3v) is 5.96. The molecule has 1 spiro atoms. The predicted molar refractivity (Wildman–Crippen MR) is 104 cm³/mol. The number of ether oxygens (including phenoxy) is 1. The van der Waals surface area contributed by atoms with Gasteiger partial charge in [0.05, 0.1) is 12.0 Å². The molecule has 0 radical (unpaired) electrons. The van der Waals surface area contributed by atoms with E-state index in [0.29, 0.717) is 17.3 Å². The SMILES string of the molecule is O=C(NCC1CC2(CCNCC2)C(=O)O1)c1c[nH]c2ccc(Br)cc2c1=O. The first-order valence-electron chi connectivity index (χ1n) is 8.99. The van der Waals surface area contributed by atoms with Gasteiger partial charge in [0.15, 0.2) is 0 Å². The number of piperidine rings is 1. The molecule has 0 aliphatic carbocycles. The van der Waals surface area contributed by atoms with E-state index >= 15 is 0 Å². The zero-order chi connectivity index (χ0) is 19.0. The van der Waals surface area contributed by atoms with Crippen LogP contribution in [0.2, 0.25) is 0 Å². The van der Waals surface area contributed by atoms with Gasteiger partial charge in [-0.3, -0.25) is 14.4 Å². The van der Waals surface area contributed by atoms with Crippen molar-refractivity contribution in [1.29, 1.82) is 0 Å². The Balaban J connectivity index is 1.46. The molecule has 3 N–H and O–H groups in total. The second kappa shape index (κ2) is 7.09. The van der Waals surface area contributed by atoms with Crippen molar-refractivity contribution in [3.63, 3.8) is 0 Å². The molecular weight excluding hydrogens is 414 g/mol. The first kappa shape index (κ1) is 18.2. The quantitative estimate of drug-likeness (QED) is 0.639. The van der Waals surface area contributed by atoms with Gasteiger partial charge in [-0.2, -0.15) is 0 Å². The Morgan fingerprint density at radius 2 is 2.07 bits per heavy atom. The van der Waals surface area contributed by atoms with E-state index in [0.717, 1.165) is 30.4 Å². The van der Waals surface area contributed by atoms with Gasteiger partial charge in [0.2, 0.25) is 5.43 Å². The number of H-pyrrole nitrogens is 1. The van der Waals surface area contributed by atoms with Crippen LogP contribution in [0.3, 0.4) is 0 Å². The first-order valence-corrected chi connectivity index (χ1v) is 9.79. The number of amides is 1. The maximum Gasteiger partial charge on any atom is 0.312 e. The van der Waals surface area contributed by atoms with Gasteiger partial charge in [-0.15, -0.1) is 0 Å². The zero-order valence-corrected chi connectivity index (χ0v) is 16.2. The molecular formula is C19H20BrN3O4. The maximum absolute atomic E-state index is 12.6. The number of hydrogen-bond donors (Lipinski definition) is 3. The van der Waals surface area contributed by atoms with Crippen molar-refractivity contribution in [2.45, 2.75) is 25.4 Å². The van der Waals surface area contributed by atoms with Crippen LogP contribution in [0.1, 0.15) is 29.6 Å². The number of cyclic esters (lactones) is 1. The number of nitrogens with one attached hydrogen (secondary N) is 3. The molecule has 142 valence electrons. The monoisotopic (exact) mass is 433 g/mol. The summed E-state index contributed by atoms with van der Waals surface area (Å²) in [6, 6.07) is 5.28. The standard InChI is InChI=1S/C19H20BrN3O4/c20-11-1-2-15-13(7-11)16(24)14(10-22-15)17(25)23-9-12-8-19(18(26)27-12)3-5-21-6-4-19/h1-2,7,10,12,21H,3-6,8-9H2,(H,22,24)(H,23,25). The minimum absolute atomic E-state index is 0.0431. The fraction of sp³-hybridized carbons (Fsp3) is 0.421. The summed E-state index contributed by atoms with van der Waals surface area (Å²) in [5.74, 6) is -0.642. The van der Waals surface area contributed by atoms with Gasteiger partial charge in [0.1, 0.15) is 11.7 Å². The molecule has 27 heavy (non-hydrogen) atoms. The van der Waals surface area contributed by atoms with Gasteiger partial charge in [-0.1, -0.05) is 15.9 Å². The van der Waals surface area contributed by atoms with Crippen LogP contribution in [-0.2, 0) is 9.53 Å². The van der Waals surface area contributed by atoms with E-state index in [1.807, 2.05) is 6.07 Å². The molecule has 2 aromatic rings. The highest BCUT2D eigenvalue weighted by atomic mass is 79.9. The van der Waals surface area contributed by atoms with Crippen LogP contribution in [0.4, 0.5) is 0 Å². The molecule has 2 saturated heterocycles. The summed E-state index contributed by atoms with van der Waals surface area (Å²) in [5, 5.41) is 6.43. The maximum atomic E-state index is 12.6. The van der Waals surface area contributed by atoms with Crippen molar-refractivity contribution in [1.82, 2.24) is 15.6 Å². The summed E-state index contributed by atoms with van der Waals surface area (Å²) in [6.45, 7) is 1.81. The summed E-state index contributed by atoms with van der Waals surface area (Å²) >= 11 is 3.34. The lowest BCUT2D eigenvalue weighted by Gasteiger charge is -2.29. The van der Waals surface area contributed by atoms with Crippen LogP contribution in [0, 0.1) is 5.41 Å². The number of pyridine rings is 1. The smallest absolute Gasteiger partial charge is 0.312 e. The number of fused-ring (bicyclic) bond motifs is 1. The predicted octanol–water partition coefficient (Wildman–Crippen LogP) is 1.71. The van der Waals surface area contributed by atoms with Crippen LogP contribution in [-0.4, -0.2) is 42.6 Å². The summed E-state index contributed by atoms with van der Waals surface area (Å²) in [5.41, 5.74) is -0.0486. The molecule has 2 aliphatic heterocycles. The first-order chi connectivity index (χ1) is 13.0. The average Bonchev–Trinajstić information content (AvgIpc) is 2.96. The minimum atomic E-state index is -0.472. The number of aromatic amines is 1. The van der Waals surface area contributed by atoms with E-state index in [1.165, 1.54) is 6.20 Å². The third kappa shape index (κ3) is 3.39. The molecule has 0 bridgehead atoms. The number of aromatic nitrogens is 1.